The molecule has 1 aromatic rings. The minimum atomic E-state index is 0.0399. The highest BCUT2D eigenvalue weighted by atomic mass is 15.3. The summed E-state index contributed by atoms with van der Waals surface area (Å²) in [6.45, 7) is 2.08. The van der Waals surface area contributed by atoms with Gasteiger partial charge in [-0.3, -0.25) is 0 Å². The molecule has 0 bridgehead atoms. The van der Waals surface area contributed by atoms with Crippen LogP contribution in [0.2, 0.25) is 0 Å². The van der Waals surface area contributed by atoms with E-state index in [2.05, 4.69) is 21.7 Å². The van der Waals surface area contributed by atoms with E-state index < -0.39 is 0 Å². The first-order chi connectivity index (χ1) is 6.83. The maximum Gasteiger partial charge on any atom is 0.150 e. The molecule has 14 heavy (non-hydrogen) atoms. The van der Waals surface area contributed by atoms with Gasteiger partial charge in [-0.25, -0.2) is 0 Å². The Morgan fingerprint density at radius 3 is 2.93 bits per heavy atom. The Balaban J connectivity index is 2.19. The topological polar surface area (TPSA) is 56.7 Å². The number of rotatable bonds is 3. The summed E-state index contributed by atoms with van der Waals surface area (Å²) in [5, 5.41) is 8.09. The van der Waals surface area contributed by atoms with Gasteiger partial charge >= 0.3 is 0 Å². The molecule has 4 heteroatoms. The molecule has 1 aromatic heterocycles. The average Bonchev–Trinajstić information content (AvgIpc) is 2.85. The molecular weight excluding hydrogens is 176 g/mol. The van der Waals surface area contributed by atoms with E-state index in [-0.39, 0.29) is 6.04 Å². The number of nitrogens with zero attached hydrogens (tertiary/aromatic N) is 3. The number of aromatic nitrogens is 3. The Morgan fingerprint density at radius 2 is 2.29 bits per heavy atom. The summed E-state index contributed by atoms with van der Waals surface area (Å²) in [4.78, 5) is 0. The van der Waals surface area contributed by atoms with E-state index in [1.165, 1.54) is 25.7 Å². The van der Waals surface area contributed by atoms with Gasteiger partial charge in [-0.2, -0.15) is 0 Å². The van der Waals surface area contributed by atoms with Crippen LogP contribution >= 0.6 is 0 Å². The van der Waals surface area contributed by atoms with Gasteiger partial charge in [0.15, 0.2) is 0 Å². The van der Waals surface area contributed by atoms with Crippen LogP contribution in [-0.2, 0) is 0 Å². The summed E-state index contributed by atoms with van der Waals surface area (Å²) >= 11 is 0. The molecule has 0 unspecified atom stereocenters. The van der Waals surface area contributed by atoms with Crippen LogP contribution in [0.3, 0.4) is 0 Å². The lowest BCUT2D eigenvalue weighted by Crippen LogP contribution is -2.17. The predicted octanol–water partition coefficient (Wildman–Crippen LogP) is 1.80. The van der Waals surface area contributed by atoms with Gasteiger partial charge in [0.05, 0.1) is 6.04 Å². The van der Waals surface area contributed by atoms with Gasteiger partial charge in [0, 0.05) is 6.04 Å². The molecule has 1 aliphatic rings. The smallest absolute Gasteiger partial charge is 0.150 e. The van der Waals surface area contributed by atoms with Gasteiger partial charge in [-0.1, -0.05) is 19.8 Å². The van der Waals surface area contributed by atoms with E-state index in [0.29, 0.717) is 6.04 Å². The maximum atomic E-state index is 5.98. The van der Waals surface area contributed by atoms with E-state index in [1.54, 1.807) is 0 Å². The highest BCUT2D eigenvalue weighted by Gasteiger charge is 2.21. The number of nitrogens with two attached hydrogens (primary N) is 1. The summed E-state index contributed by atoms with van der Waals surface area (Å²) in [7, 11) is 0. The van der Waals surface area contributed by atoms with Crippen LogP contribution in [-0.4, -0.2) is 14.8 Å². The third-order valence-corrected chi connectivity index (χ3v) is 3.09. The summed E-state index contributed by atoms with van der Waals surface area (Å²) < 4.78 is 2.18. The fourth-order valence-electron chi connectivity index (χ4n) is 2.16. The summed E-state index contributed by atoms with van der Waals surface area (Å²) in [6.07, 6.45) is 7.91. The third-order valence-electron chi connectivity index (χ3n) is 3.09. The first-order valence-electron chi connectivity index (χ1n) is 5.48. The first kappa shape index (κ1) is 9.65. The second kappa shape index (κ2) is 4.09. The Labute approximate surface area is 84.5 Å². The molecule has 0 spiro atoms. The maximum absolute atomic E-state index is 5.98. The van der Waals surface area contributed by atoms with Crippen molar-refractivity contribution in [3.05, 3.63) is 12.2 Å². The molecule has 0 amide bonds. The zero-order valence-electron chi connectivity index (χ0n) is 8.69. The molecule has 0 saturated heterocycles. The number of hydrogen-bond donors (Lipinski definition) is 1. The minimum Gasteiger partial charge on any atom is -0.321 e. The van der Waals surface area contributed by atoms with Crippen molar-refractivity contribution in [2.24, 2.45) is 5.73 Å². The van der Waals surface area contributed by atoms with Crippen molar-refractivity contribution in [2.75, 3.05) is 0 Å². The van der Waals surface area contributed by atoms with Crippen LogP contribution in [0.4, 0.5) is 0 Å². The summed E-state index contributed by atoms with van der Waals surface area (Å²) in [6, 6.07) is 0.635. The molecule has 78 valence electrons. The van der Waals surface area contributed by atoms with Crippen molar-refractivity contribution in [3.63, 3.8) is 0 Å². The normalized spacial score (nSPS) is 20.1. The molecule has 0 radical (unpaired) electrons. The molecule has 1 aliphatic carbocycles. The van der Waals surface area contributed by atoms with Crippen LogP contribution in [0.1, 0.15) is 56.9 Å². The van der Waals surface area contributed by atoms with Crippen molar-refractivity contribution in [3.8, 4) is 0 Å². The number of hydrogen-bond acceptors (Lipinski definition) is 3. The quantitative estimate of drug-likeness (QED) is 0.798. The van der Waals surface area contributed by atoms with E-state index in [1.807, 2.05) is 6.33 Å². The van der Waals surface area contributed by atoms with E-state index in [9.17, 15) is 0 Å². The van der Waals surface area contributed by atoms with Crippen molar-refractivity contribution >= 4 is 0 Å². The highest BCUT2D eigenvalue weighted by Crippen LogP contribution is 2.31. The lowest BCUT2D eigenvalue weighted by molar-refractivity contribution is 0.472. The van der Waals surface area contributed by atoms with Crippen LogP contribution in [0, 0.1) is 0 Å². The van der Waals surface area contributed by atoms with Crippen molar-refractivity contribution < 1.29 is 0 Å². The van der Waals surface area contributed by atoms with E-state index in [0.717, 1.165) is 12.2 Å². The lowest BCUT2D eigenvalue weighted by atomic mass is 10.2. The molecule has 0 aliphatic heterocycles. The molecule has 4 nitrogen and oxygen atoms in total. The molecular formula is C10H18N4. The highest BCUT2D eigenvalue weighted by molar-refractivity contribution is 4.96. The molecule has 1 heterocycles. The SMILES string of the molecule is CC[C@H](N)c1nncn1C1CCCC1. The van der Waals surface area contributed by atoms with Gasteiger partial charge in [0.1, 0.15) is 12.2 Å². The Hall–Kier alpha value is -0.900. The second-order valence-corrected chi connectivity index (χ2v) is 4.05. The minimum absolute atomic E-state index is 0.0399. The first-order valence-corrected chi connectivity index (χ1v) is 5.48. The molecule has 1 saturated carbocycles. The largest absolute Gasteiger partial charge is 0.321 e. The molecule has 0 aromatic carbocycles. The third kappa shape index (κ3) is 1.66. The fraction of sp³-hybridized carbons (Fsp3) is 0.800. The van der Waals surface area contributed by atoms with Crippen LogP contribution in [0.5, 0.6) is 0 Å². The summed E-state index contributed by atoms with van der Waals surface area (Å²) in [5.74, 6) is 0.958. The van der Waals surface area contributed by atoms with Gasteiger partial charge < -0.3 is 10.3 Å². The van der Waals surface area contributed by atoms with Crippen LogP contribution in [0.15, 0.2) is 6.33 Å². The monoisotopic (exact) mass is 194 g/mol. The lowest BCUT2D eigenvalue weighted by Gasteiger charge is -2.16. The molecule has 1 fully saturated rings. The molecule has 2 N–H and O–H groups in total. The zero-order valence-corrected chi connectivity index (χ0v) is 8.69. The Kier molecular flexibility index (Phi) is 2.82. The van der Waals surface area contributed by atoms with Crippen molar-refractivity contribution in [2.45, 2.75) is 51.1 Å². The van der Waals surface area contributed by atoms with Gasteiger partial charge in [-0.15, -0.1) is 10.2 Å². The molecule has 1 atom stereocenters. The average molecular weight is 194 g/mol. The van der Waals surface area contributed by atoms with Crippen LogP contribution in [0.25, 0.3) is 0 Å². The molecule has 2 rings (SSSR count). The fourth-order valence-corrected chi connectivity index (χ4v) is 2.16. The zero-order chi connectivity index (χ0) is 9.97. The van der Waals surface area contributed by atoms with E-state index >= 15 is 0 Å². The standard InChI is InChI=1S/C10H18N4/c1-2-9(11)10-13-12-7-14(10)8-5-3-4-6-8/h7-9H,2-6,11H2,1H3/t9-/m0/s1. The van der Waals surface area contributed by atoms with Gasteiger partial charge in [-0.05, 0) is 19.3 Å². The predicted molar refractivity (Wildman–Crippen MR) is 54.7 cm³/mol. The van der Waals surface area contributed by atoms with Crippen LogP contribution < -0.4 is 5.73 Å². The van der Waals surface area contributed by atoms with Crippen molar-refractivity contribution in [1.82, 2.24) is 14.8 Å². The van der Waals surface area contributed by atoms with Gasteiger partial charge in [0.2, 0.25) is 0 Å². The Morgan fingerprint density at radius 1 is 1.57 bits per heavy atom. The van der Waals surface area contributed by atoms with Crippen molar-refractivity contribution in [1.29, 1.82) is 0 Å². The van der Waals surface area contributed by atoms with E-state index in [4.69, 9.17) is 5.73 Å². The summed E-state index contributed by atoms with van der Waals surface area (Å²) in [5.41, 5.74) is 5.98. The second-order valence-electron chi connectivity index (χ2n) is 4.05. The Bertz CT molecular complexity index is 288. The van der Waals surface area contributed by atoms with Gasteiger partial charge in [0.25, 0.3) is 0 Å².